The highest BCUT2D eigenvalue weighted by atomic mass is 35.5. The molecule has 1 unspecified atom stereocenters. The Balaban J connectivity index is 0.00000392. The molecule has 8 heteroatoms. The Labute approximate surface area is 175 Å². The molecular weight excluding hydrogens is 398 g/mol. The maximum Gasteiger partial charge on any atom is 0.243 e. The molecule has 1 heterocycles. The third kappa shape index (κ3) is 5.26. The quantitative estimate of drug-likeness (QED) is 0.724. The van der Waals surface area contributed by atoms with Gasteiger partial charge in [0, 0.05) is 25.6 Å². The van der Waals surface area contributed by atoms with Gasteiger partial charge in [-0.25, -0.2) is 8.42 Å². The molecule has 1 saturated heterocycles. The number of hydrogen-bond acceptors (Lipinski definition) is 4. The molecule has 1 aromatic carbocycles. The molecule has 0 aliphatic carbocycles. The Hall–Kier alpha value is -1.15. The molecule has 160 valence electrons. The van der Waals surface area contributed by atoms with Crippen molar-refractivity contribution >= 4 is 28.3 Å². The average molecular weight is 432 g/mol. The van der Waals surface area contributed by atoms with Crippen molar-refractivity contribution in [1.29, 1.82) is 0 Å². The van der Waals surface area contributed by atoms with Gasteiger partial charge in [0.05, 0.1) is 10.4 Å². The molecule has 1 aromatic rings. The van der Waals surface area contributed by atoms with Crippen LogP contribution >= 0.6 is 12.4 Å². The molecule has 1 aliphatic rings. The molecular formula is C20H34ClN3O3S. The number of carbonyl (C=O) groups excluding carboxylic acids is 1. The molecule has 1 aliphatic heterocycles. The summed E-state index contributed by atoms with van der Waals surface area (Å²) in [4.78, 5) is 13.0. The Bertz CT molecular complexity index is 790. The van der Waals surface area contributed by atoms with Crippen molar-refractivity contribution in [3.05, 3.63) is 29.3 Å². The third-order valence-corrected chi connectivity index (χ3v) is 7.94. The first-order chi connectivity index (χ1) is 12.5. The minimum atomic E-state index is -3.53. The molecule has 0 bridgehead atoms. The van der Waals surface area contributed by atoms with Gasteiger partial charge in [0.2, 0.25) is 15.9 Å². The van der Waals surface area contributed by atoms with Gasteiger partial charge in [-0.2, -0.15) is 4.31 Å². The van der Waals surface area contributed by atoms with E-state index in [1.54, 1.807) is 6.07 Å². The van der Waals surface area contributed by atoms with Gasteiger partial charge in [-0.1, -0.05) is 31.5 Å². The molecule has 1 atom stereocenters. The number of benzene rings is 1. The van der Waals surface area contributed by atoms with E-state index in [4.69, 9.17) is 5.73 Å². The number of carbonyl (C=O) groups is 1. The second-order valence-electron chi connectivity index (χ2n) is 8.21. The van der Waals surface area contributed by atoms with Gasteiger partial charge in [-0.05, 0) is 51.2 Å². The van der Waals surface area contributed by atoms with Gasteiger partial charge >= 0.3 is 0 Å². The summed E-state index contributed by atoms with van der Waals surface area (Å²) < 4.78 is 27.4. The zero-order chi connectivity index (χ0) is 20.4. The van der Waals surface area contributed by atoms with Gasteiger partial charge in [0.15, 0.2) is 0 Å². The fourth-order valence-electron chi connectivity index (χ4n) is 3.40. The van der Waals surface area contributed by atoms with Crippen LogP contribution in [0.4, 0.5) is 0 Å². The first kappa shape index (κ1) is 24.9. The Morgan fingerprint density at radius 2 is 1.86 bits per heavy atom. The van der Waals surface area contributed by atoms with Crippen LogP contribution in [0.5, 0.6) is 0 Å². The van der Waals surface area contributed by atoms with Gasteiger partial charge in [0.1, 0.15) is 0 Å². The zero-order valence-corrected chi connectivity index (χ0v) is 19.1. The molecule has 0 aromatic heterocycles. The first-order valence-corrected chi connectivity index (χ1v) is 11.0. The van der Waals surface area contributed by atoms with Crippen molar-refractivity contribution < 1.29 is 13.2 Å². The van der Waals surface area contributed by atoms with Gasteiger partial charge in [0.25, 0.3) is 0 Å². The molecule has 3 N–H and O–H groups in total. The van der Waals surface area contributed by atoms with E-state index in [1.807, 2.05) is 46.8 Å². The van der Waals surface area contributed by atoms with Crippen molar-refractivity contribution in [2.45, 2.75) is 57.9 Å². The standard InChI is InChI=1S/C20H33N3O3S.ClH/c1-14(2)20(5,13-21)22-19(24)17-8-10-23(11-9-17)27(25,26)18-7-6-15(3)12-16(18)4;/h6-7,12,14,17H,8-11,13,21H2,1-5H3,(H,22,24);1H. The minimum Gasteiger partial charge on any atom is -0.349 e. The number of piperidine rings is 1. The van der Waals surface area contributed by atoms with Crippen LogP contribution in [0.1, 0.15) is 44.7 Å². The number of nitrogens with two attached hydrogens (primary N) is 1. The van der Waals surface area contributed by atoms with Gasteiger partial charge < -0.3 is 11.1 Å². The van der Waals surface area contributed by atoms with Crippen molar-refractivity contribution in [3.63, 3.8) is 0 Å². The monoisotopic (exact) mass is 431 g/mol. The van der Waals surface area contributed by atoms with Crippen molar-refractivity contribution in [2.24, 2.45) is 17.6 Å². The van der Waals surface area contributed by atoms with E-state index in [9.17, 15) is 13.2 Å². The number of nitrogens with one attached hydrogen (secondary N) is 1. The highest BCUT2D eigenvalue weighted by Crippen LogP contribution is 2.27. The minimum absolute atomic E-state index is 0. The number of hydrogen-bond donors (Lipinski definition) is 2. The smallest absolute Gasteiger partial charge is 0.243 e. The summed E-state index contributed by atoms with van der Waals surface area (Å²) in [5.41, 5.74) is 7.20. The van der Waals surface area contributed by atoms with Crippen LogP contribution in [0, 0.1) is 25.7 Å². The SMILES string of the molecule is Cc1ccc(S(=O)(=O)N2CCC(C(=O)NC(C)(CN)C(C)C)CC2)c(C)c1.Cl. The highest BCUT2D eigenvalue weighted by molar-refractivity contribution is 7.89. The Morgan fingerprint density at radius 1 is 1.29 bits per heavy atom. The van der Waals surface area contributed by atoms with Crippen LogP contribution in [-0.4, -0.2) is 43.8 Å². The summed E-state index contributed by atoms with van der Waals surface area (Å²) in [5, 5.41) is 3.08. The summed E-state index contributed by atoms with van der Waals surface area (Å²) in [6.07, 6.45) is 1.05. The summed E-state index contributed by atoms with van der Waals surface area (Å²) in [6.45, 7) is 10.9. The molecule has 1 fully saturated rings. The number of sulfonamides is 1. The topological polar surface area (TPSA) is 92.5 Å². The van der Waals surface area contributed by atoms with E-state index in [0.29, 0.717) is 37.4 Å². The first-order valence-electron chi connectivity index (χ1n) is 9.60. The number of nitrogens with zero attached hydrogens (tertiary/aromatic N) is 1. The van der Waals surface area contributed by atoms with Gasteiger partial charge in [-0.3, -0.25) is 4.79 Å². The summed E-state index contributed by atoms with van der Waals surface area (Å²) in [7, 11) is -3.53. The van der Waals surface area contributed by atoms with Crippen LogP contribution in [0.15, 0.2) is 23.1 Å². The van der Waals surface area contributed by atoms with E-state index < -0.39 is 15.6 Å². The van der Waals surface area contributed by atoms with E-state index >= 15 is 0 Å². The number of halogens is 1. The molecule has 0 spiro atoms. The molecule has 0 saturated carbocycles. The van der Waals surface area contributed by atoms with E-state index in [2.05, 4.69) is 5.32 Å². The third-order valence-electron chi connectivity index (χ3n) is 5.88. The summed E-state index contributed by atoms with van der Waals surface area (Å²) >= 11 is 0. The maximum atomic E-state index is 13.0. The second kappa shape index (κ2) is 9.57. The Morgan fingerprint density at radius 3 is 2.32 bits per heavy atom. The molecule has 2 rings (SSSR count). The zero-order valence-electron chi connectivity index (χ0n) is 17.5. The predicted octanol–water partition coefficient (Wildman–Crippen LogP) is 2.62. The predicted molar refractivity (Wildman–Crippen MR) is 115 cm³/mol. The summed E-state index contributed by atoms with van der Waals surface area (Å²) in [5.74, 6) is 0.0110. The molecule has 1 amide bonds. The fraction of sp³-hybridized carbons (Fsp3) is 0.650. The number of amides is 1. The average Bonchev–Trinajstić information content (AvgIpc) is 2.61. The second-order valence-corrected chi connectivity index (χ2v) is 10.1. The van der Waals surface area contributed by atoms with E-state index in [-0.39, 0.29) is 30.2 Å². The van der Waals surface area contributed by atoms with Crippen molar-refractivity contribution in [1.82, 2.24) is 9.62 Å². The molecule has 6 nitrogen and oxygen atoms in total. The van der Waals surface area contributed by atoms with Crippen LogP contribution < -0.4 is 11.1 Å². The maximum absolute atomic E-state index is 13.0. The van der Waals surface area contributed by atoms with Gasteiger partial charge in [-0.15, -0.1) is 12.4 Å². The van der Waals surface area contributed by atoms with Crippen LogP contribution in [0.3, 0.4) is 0 Å². The lowest BCUT2D eigenvalue weighted by Crippen LogP contribution is -2.57. The lowest BCUT2D eigenvalue weighted by molar-refractivity contribution is -0.128. The molecule has 0 radical (unpaired) electrons. The highest BCUT2D eigenvalue weighted by Gasteiger charge is 2.36. The largest absolute Gasteiger partial charge is 0.349 e. The lowest BCUT2D eigenvalue weighted by atomic mass is 9.87. The van der Waals surface area contributed by atoms with Crippen molar-refractivity contribution in [2.75, 3.05) is 19.6 Å². The fourth-order valence-corrected chi connectivity index (χ4v) is 5.08. The van der Waals surface area contributed by atoms with Crippen LogP contribution in [0.2, 0.25) is 0 Å². The van der Waals surface area contributed by atoms with Crippen LogP contribution in [0.25, 0.3) is 0 Å². The van der Waals surface area contributed by atoms with Crippen molar-refractivity contribution in [3.8, 4) is 0 Å². The number of rotatable bonds is 6. The molecule has 28 heavy (non-hydrogen) atoms. The lowest BCUT2D eigenvalue weighted by Gasteiger charge is -2.37. The normalized spacial score (nSPS) is 18.4. The summed E-state index contributed by atoms with van der Waals surface area (Å²) in [6, 6.07) is 5.38. The Kier molecular flexibility index (Phi) is 8.50. The number of aryl methyl sites for hydroxylation is 2. The van der Waals surface area contributed by atoms with E-state index in [1.165, 1.54) is 4.31 Å². The van der Waals surface area contributed by atoms with E-state index in [0.717, 1.165) is 11.1 Å². The van der Waals surface area contributed by atoms with Crippen LogP contribution in [-0.2, 0) is 14.8 Å².